The molecule has 0 fully saturated rings. The van der Waals surface area contributed by atoms with E-state index in [1.807, 2.05) is 18.2 Å². The molecule has 0 aliphatic heterocycles. The Bertz CT molecular complexity index is 469. The van der Waals surface area contributed by atoms with Gasteiger partial charge in [0, 0.05) is 7.11 Å². The van der Waals surface area contributed by atoms with Gasteiger partial charge >= 0.3 is 0 Å². The molecule has 1 aromatic carbocycles. The van der Waals surface area contributed by atoms with Crippen LogP contribution >= 0.6 is 11.3 Å². The molecule has 0 amide bonds. The molecule has 0 saturated carbocycles. The maximum atomic E-state index is 5.51. The molecule has 4 nitrogen and oxygen atoms in total. The van der Waals surface area contributed by atoms with Crippen LogP contribution in [0.1, 0.15) is 0 Å². The highest BCUT2D eigenvalue weighted by Gasteiger charge is 2.04. The average molecular weight is 239 g/mol. The maximum absolute atomic E-state index is 5.51. The number of ether oxygens (including phenoxy) is 3. The summed E-state index contributed by atoms with van der Waals surface area (Å²) in [5.74, 6) is 0.829. The Balaban J connectivity index is 2.15. The Morgan fingerprint density at radius 1 is 1.25 bits per heavy atom. The minimum atomic E-state index is 0.554. The Kier molecular flexibility index (Phi) is 3.58. The van der Waals surface area contributed by atoms with Crippen molar-refractivity contribution in [2.45, 2.75) is 0 Å². The fourth-order valence-corrected chi connectivity index (χ4v) is 2.11. The second-order valence-electron chi connectivity index (χ2n) is 3.15. The number of hydrogen-bond donors (Lipinski definition) is 0. The van der Waals surface area contributed by atoms with Crippen LogP contribution < -0.4 is 9.47 Å². The number of rotatable bonds is 5. The summed E-state index contributed by atoms with van der Waals surface area (Å²) in [6.07, 6.45) is 0. The van der Waals surface area contributed by atoms with Gasteiger partial charge in [0.1, 0.15) is 12.4 Å². The first-order valence-corrected chi connectivity index (χ1v) is 5.71. The van der Waals surface area contributed by atoms with Crippen molar-refractivity contribution >= 4 is 21.6 Å². The highest BCUT2D eigenvalue weighted by atomic mass is 32.1. The molecule has 1 heterocycles. The SMILES string of the molecule is COCCOc1ccc2nc(OC)sc2c1. The number of benzene rings is 1. The van der Waals surface area contributed by atoms with Crippen molar-refractivity contribution in [3.05, 3.63) is 18.2 Å². The quantitative estimate of drug-likeness (QED) is 0.751. The number of nitrogens with zero attached hydrogens (tertiary/aromatic N) is 1. The summed E-state index contributed by atoms with van der Waals surface area (Å²) in [4.78, 5) is 4.28. The second-order valence-corrected chi connectivity index (χ2v) is 4.15. The minimum absolute atomic E-state index is 0.554. The fraction of sp³-hybridized carbons (Fsp3) is 0.364. The fourth-order valence-electron chi connectivity index (χ4n) is 1.30. The lowest BCUT2D eigenvalue weighted by Gasteiger charge is -2.04. The standard InChI is InChI=1S/C11H13NO3S/c1-13-5-6-15-8-3-4-9-10(7-8)16-11(12-9)14-2/h3-4,7H,5-6H2,1-2H3. The highest BCUT2D eigenvalue weighted by Crippen LogP contribution is 2.30. The second kappa shape index (κ2) is 5.14. The Morgan fingerprint density at radius 2 is 2.12 bits per heavy atom. The van der Waals surface area contributed by atoms with Crippen molar-refractivity contribution in [1.29, 1.82) is 0 Å². The molecule has 0 aliphatic carbocycles. The van der Waals surface area contributed by atoms with Gasteiger partial charge in [0.15, 0.2) is 0 Å². The molecule has 0 radical (unpaired) electrons. The van der Waals surface area contributed by atoms with Crippen molar-refractivity contribution in [1.82, 2.24) is 4.98 Å². The molecule has 2 rings (SSSR count). The predicted octanol–water partition coefficient (Wildman–Crippen LogP) is 2.33. The van der Waals surface area contributed by atoms with E-state index in [1.165, 1.54) is 11.3 Å². The Morgan fingerprint density at radius 3 is 2.88 bits per heavy atom. The van der Waals surface area contributed by atoms with Crippen molar-refractivity contribution in [3.8, 4) is 10.9 Å². The highest BCUT2D eigenvalue weighted by molar-refractivity contribution is 7.20. The van der Waals surface area contributed by atoms with Crippen LogP contribution in [0.15, 0.2) is 18.2 Å². The van der Waals surface area contributed by atoms with Crippen LogP contribution in [-0.4, -0.2) is 32.4 Å². The molecule has 5 heteroatoms. The molecule has 0 aliphatic rings. The third-order valence-corrected chi connectivity index (χ3v) is 3.05. The molecule has 0 atom stereocenters. The van der Waals surface area contributed by atoms with Crippen LogP contribution in [0.5, 0.6) is 10.9 Å². The number of aromatic nitrogens is 1. The molecule has 0 bridgehead atoms. The van der Waals surface area contributed by atoms with Crippen molar-refractivity contribution in [3.63, 3.8) is 0 Å². The largest absolute Gasteiger partial charge is 0.491 e. The van der Waals surface area contributed by atoms with Gasteiger partial charge in [-0.2, -0.15) is 0 Å². The van der Waals surface area contributed by atoms with E-state index < -0.39 is 0 Å². The van der Waals surface area contributed by atoms with Gasteiger partial charge in [0.2, 0.25) is 0 Å². The van der Waals surface area contributed by atoms with Gasteiger partial charge in [-0.25, -0.2) is 4.98 Å². The van der Waals surface area contributed by atoms with Crippen molar-refractivity contribution in [2.75, 3.05) is 27.4 Å². The summed E-state index contributed by atoms with van der Waals surface area (Å²) in [5, 5.41) is 0.670. The van der Waals surface area contributed by atoms with E-state index in [9.17, 15) is 0 Å². The molecular formula is C11H13NO3S. The van der Waals surface area contributed by atoms with E-state index >= 15 is 0 Å². The zero-order valence-electron chi connectivity index (χ0n) is 9.23. The van der Waals surface area contributed by atoms with E-state index in [2.05, 4.69) is 4.98 Å². The number of fused-ring (bicyclic) bond motifs is 1. The van der Waals surface area contributed by atoms with Gasteiger partial charge in [-0.3, -0.25) is 0 Å². The molecule has 0 N–H and O–H groups in total. The third-order valence-electron chi connectivity index (χ3n) is 2.07. The molecular weight excluding hydrogens is 226 g/mol. The van der Waals surface area contributed by atoms with E-state index in [1.54, 1.807) is 14.2 Å². The molecule has 16 heavy (non-hydrogen) atoms. The Hall–Kier alpha value is -1.33. The van der Waals surface area contributed by atoms with E-state index in [0.717, 1.165) is 16.0 Å². The smallest absolute Gasteiger partial charge is 0.274 e. The van der Waals surface area contributed by atoms with E-state index in [4.69, 9.17) is 14.2 Å². The van der Waals surface area contributed by atoms with Gasteiger partial charge < -0.3 is 14.2 Å². The number of methoxy groups -OCH3 is 2. The van der Waals surface area contributed by atoms with Crippen LogP contribution in [0.25, 0.3) is 10.2 Å². The first-order valence-electron chi connectivity index (χ1n) is 4.90. The molecule has 0 spiro atoms. The zero-order valence-corrected chi connectivity index (χ0v) is 10.0. The van der Waals surface area contributed by atoms with Gasteiger partial charge in [0.25, 0.3) is 5.19 Å². The van der Waals surface area contributed by atoms with Gasteiger partial charge in [-0.15, -0.1) is 0 Å². The number of hydrogen-bond acceptors (Lipinski definition) is 5. The predicted molar refractivity (Wildman–Crippen MR) is 63.5 cm³/mol. The van der Waals surface area contributed by atoms with Crippen LogP contribution in [0.4, 0.5) is 0 Å². The van der Waals surface area contributed by atoms with Crippen LogP contribution in [0, 0.1) is 0 Å². The third kappa shape index (κ3) is 2.43. The molecule has 0 unspecified atom stereocenters. The summed E-state index contributed by atoms with van der Waals surface area (Å²) in [6.45, 7) is 1.14. The summed E-state index contributed by atoms with van der Waals surface area (Å²) in [5.41, 5.74) is 0.931. The molecule has 0 saturated heterocycles. The molecule has 86 valence electrons. The summed E-state index contributed by atoms with van der Waals surface area (Å²) < 4.78 is 16.6. The van der Waals surface area contributed by atoms with E-state index in [-0.39, 0.29) is 0 Å². The van der Waals surface area contributed by atoms with Gasteiger partial charge in [-0.05, 0) is 18.2 Å². The van der Waals surface area contributed by atoms with Crippen LogP contribution in [0.2, 0.25) is 0 Å². The lowest BCUT2D eigenvalue weighted by atomic mass is 10.3. The molecule has 2 aromatic rings. The average Bonchev–Trinajstić information content (AvgIpc) is 2.71. The van der Waals surface area contributed by atoms with Crippen LogP contribution in [0.3, 0.4) is 0 Å². The summed E-state index contributed by atoms with van der Waals surface area (Å²) in [7, 11) is 3.27. The van der Waals surface area contributed by atoms with Gasteiger partial charge in [0.05, 0.1) is 23.9 Å². The summed E-state index contributed by atoms with van der Waals surface area (Å²) >= 11 is 1.51. The van der Waals surface area contributed by atoms with Crippen LogP contribution in [-0.2, 0) is 4.74 Å². The first kappa shape index (κ1) is 11.2. The summed E-state index contributed by atoms with van der Waals surface area (Å²) in [6, 6.07) is 5.79. The maximum Gasteiger partial charge on any atom is 0.274 e. The van der Waals surface area contributed by atoms with Crippen molar-refractivity contribution < 1.29 is 14.2 Å². The normalized spacial score (nSPS) is 10.6. The van der Waals surface area contributed by atoms with E-state index in [0.29, 0.717) is 18.4 Å². The topological polar surface area (TPSA) is 40.6 Å². The minimum Gasteiger partial charge on any atom is -0.491 e. The number of thiazole rings is 1. The van der Waals surface area contributed by atoms with Gasteiger partial charge in [-0.1, -0.05) is 11.3 Å². The Labute approximate surface area is 97.8 Å². The monoisotopic (exact) mass is 239 g/mol. The zero-order chi connectivity index (χ0) is 11.4. The lowest BCUT2D eigenvalue weighted by molar-refractivity contribution is 0.146. The lowest BCUT2D eigenvalue weighted by Crippen LogP contribution is -2.03. The first-order chi connectivity index (χ1) is 7.83. The molecule has 1 aromatic heterocycles. The van der Waals surface area contributed by atoms with Crippen molar-refractivity contribution in [2.24, 2.45) is 0 Å².